The predicted octanol–water partition coefficient (Wildman–Crippen LogP) is 2.22. The molecule has 0 aliphatic carbocycles. The maximum atomic E-state index is 13.1. The molecule has 37 heavy (non-hydrogen) atoms. The molecule has 0 spiro atoms. The second kappa shape index (κ2) is 14.2. The molecule has 0 saturated carbocycles. The summed E-state index contributed by atoms with van der Waals surface area (Å²) >= 11 is 0. The van der Waals surface area contributed by atoms with E-state index >= 15 is 0 Å². The van der Waals surface area contributed by atoms with E-state index in [0.29, 0.717) is 56.3 Å². The Hall–Kier alpha value is -4.42. The summed E-state index contributed by atoms with van der Waals surface area (Å²) in [7, 11) is 0. The van der Waals surface area contributed by atoms with Crippen molar-refractivity contribution in [3.63, 3.8) is 0 Å². The molecule has 2 N–H and O–H groups in total. The largest absolute Gasteiger partial charge is 0.478 e. The Kier molecular flexibility index (Phi) is 11.1. The third kappa shape index (κ3) is 8.94. The van der Waals surface area contributed by atoms with Gasteiger partial charge in [-0.05, 0) is 13.0 Å². The molecular formula is C25H27N3O9. The molecule has 1 amide bonds. The molecule has 1 aliphatic heterocycles. The number of anilines is 1. The summed E-state index contributed by atoms with van der Waals surface area (Å²) in [5.41, 5.74) is 0.739. The predicted molar refractivity (Wildman–Crippen MR) is 133 cm³/mol. The number of carboxylic acids is 2. The first kappa shape index (κ1) is 28.8. The normalized spacial score (nSPS) is 13.3. The lowest BCUT2D eigenvalue weighted by Gasteiger charge is -2.30. The quantitative estimate of drug-likeness (QED) is 0.219. The Morgan fingerprint density at radius 2 is 1.62 bits per heavy atom. The van der Waals surface area contributed by atoms with Crippen LogP contribution in [0.4, 0.5) is 11.4 Å². The van der Waals surface area contributed by atoms with E-state index < -0.39 is 16.9 Å². The van der Waals surface area contributed by atoms with Crippen molar-refractivity contribution in [2.75, 3.05) is 44.3 Å². The summed E-state index contributed by atoms with van der Waals surface area (Å²) in [6.07, 6.45) is 1.12. The molecule has 0 radical (unpaired) electrons. The fourth-order valence-corrected chi connectivity index (χ4v) is 3.46. The molecule has 12 nitrogen and oxygen atoms in total. The Morgan fingerprint density at radius 3 is 2.14 bits per heavy atom. The Labute approximate surface area is 212 Å². The van der Waals surface area contributed by atoms with Crippen molar-refractivity contribution in [3.8, 4) is 0 Å². The lowest BCUT2D eigenvalue weighted by molar-refractivity contribution is -0.384. The first-order chi connectivity index (χ1) is 17.6. The highest BCUT2D eigenvalue weighted by molar-refractivity contribution is 6.14. The Bertz CT molecular complexity index is 1140. The van der Waals surface area contributed by atoms with Gasteiger partial charge in [-0.2, -0.15) is 0 Å². The first-order valence-electron chi connectivity index (χ1n) is 11.3. The molecule has 1 aliphatic rings. The monoisotopic (exact) mass is 513 g/mol. The van der Waals surface area contributed by atoms with Crippen LogP contribution in [0.15, 0.2) is 60.7 Å². The van der Waals surface area contributed by atoms with E-state index in [9.17, 15) is 29.3 Å². The zero-order chi connectivity index (χ0) is 27.4. The van der Waals surface area contributed by atoms with Gasteiger partial charge in [0.15, 0.2) is 5.78 Å². The number of likely N-dealkylation sites (N-methyl/N-ethyl adjacent to an activating group) is 1. The smallest absolute Gasteiger partial charge is 0.328 e. The van der Waals surface area contributed by atoms with Crippen molar-refractivity contribution < 1.29 is 39.1 Å². The number of aliphatic carboxylic acids is 2. The summed E-state index contributed by atoms with van der Waals surface area (Å²) in [5.74, 6) is -3.04. The van der Waals surface area contributed by atoms with Gasteiger partial charge >= 0.3 is 11.9 Å². The highest BCUT2D eigenvalue weighted by Gasteiger charge is 2.25. The van der Waals surface area contributed by atoms with E-state index in [1.165, 1.54) is 23.1 Å². The van der Waals surface area contributed by atoms with E-state index in [2.05, 4.69) is 0 Å². The molecule has 1 heterocycles. The fourth-order valence-electron chi connectivity index (χ4n) is 3.46. The van der Waals surface area contributed by atoms with Crippen molar-refractivity contribution in [1.29, 1.82) is 0 Å². The first-order valence-corrected chi connectivity index (χ1v) is 11.3. The average molecular weight is 514 g/mol. The van der Waals surface area contributed by atoms with Crippen LogP contribution >= 0.6 is 0 Å². The van der Waals surface area contributed by atoms with E-state index in [1.54, 1.807) is 30.3 Å². The van der Waals surface area contributed by atoms with Gasteiger partial charge in [-0.1, -0.05) is 30.3 Å². The molecule has 0 unspecified atom stereocenters. The fraction of sp³-hybridized carbons (Fsp3) is 0.280. The minimum atomic E-state index is -1.26. The van der Waals surface area contributed by atoms with Gasteiger partial charge in [-0.15, -0.1) is 0 Å². The van der Waals surface area contributed by atoms with E-state index in [1.807, 2.05) is 11.8 Å². The standard InChI is InChI=1S/C21H23N3O5.C4H4O4/c1-2-23(20(25)15-22-10-12-29-13-11-22)19-9-8-17(24(27)28)14-18(19)21(26)16-6-4-3-5-7-16;5-3(6)1-2-4(7)8/h3-9,14H,2,10-13,15H2,1H3;1-2H,(H,5,6)(H,7,8)/b;2-1+. The van der Waals surface area contributed by atoms with E-state index in [-0.39, 0.29) is 29.5 Å². The molecule has 1 fully saturated rings. The summed E-state index contributed by atoms with van der Waals surface area (Å²) in [6, 6.07) is 12.6. The van der Waals surface area contributed by atoms with Crippen molar-refractivity contribution in [3.05, 3.63) is 81.9 Å². The zero-order valence-electron chi connectivity index (χ0n) is 20.1. The number of nitro groups is 1. The second-order valence-corrected chi connectivity index (χ2v) is 7.69. The van der Waals surface area contributed by atoms with Crippen molar-refractivity contribution in [2.45, 2.75) is 6.92 Å². The number of rotatable bonds is 9. The maximum Gasteiger partial charge on any atom is 0.328 e. The molecule has 0 aromatic heterocycles. The van der Waals surface area contributed by atoms with Crippen LogP contribution in [-0.2, 0) is 19.1 Å². The van der Waals surface area contributed by atoms with Crippen LogP contribution in [-0.4, -0.2) is 83.1 Å². The van der Waals surface area contributed by atoms with Crippen molar-refractivity contribution in [1.82, 2.24) is 4.90 Å². The van der Waals surface area contributed by atoms with Crippen molar-refractivity contribution >= 4 is 35.0 Å². The Morgan fingerprint density at radius 1 is 1.03 bits per heavy atom. The van der Waals surface area contributed by atoms with Crippen LogP contribution in [0.2, 0.25) is 0 Å². The average Bonchev–Trinajstić information content (AvgIpc) is 2.89. The van der Waals surface area contributed by atoms with Gasteiger partial charge in [0.25, 0.3) is 5.69 Å². The SMILES string of the molecule is CCN(C(=O)CN1CCOCC1)c1ccc([N+](=O)[O-])cc1C(=O)c1ccccc1.O=C(O)/C=C/C(=O)O. The summed E-state index contributed by atoms with van der Waals surface area (Å²) in [6.45, 7) is 4.85. The number of nitro benzene ring substituents is 1. The van der Waals surface area contributed by atoms with Gasteiger partial charge in [-0.3, -0.25) is 24.6 Å². The topological polar surface area (TPSA) is 168 Å². The molecule has 2 aromatic rings. The highest BCUT2D eigenvalue weighted by Crippen LogP contribution is 2.28. The van der Waals surface area contributed by atoms with Crippen LogP contribution in [0.3, 0.4) is 0 Å². The lowest BCUT2D eigenvalue weighted by atomic mass is 10.00. The molecule has 2 aromatic carbocycles. The maximum absolute atomic E-state index is 13.1. The molecule has 196 valence electrons. The van der Waals surface area contributed by atoms with Gasteiger partial charge in [0, 0.05) is 49.5 Å². The number of carbonyl (C=O) groups excluding carboxylic acids is 2. The van der Waals surface area contributed by atoms with Crippen LogP contribution in [0.25, 0.3) is 0 Å². The molecule has 1 saturated heterocycles. The number of carbonyl (C=O) groups is 4. The number of benzene rings is 2. The second-order valence-electron chi connectivity index (χ2n) is 7.69. The molecular weight excluding hydrogens is 486 g/mol. The van der Waals surface area contributed by atoms with Gasteiger partial charge < -0.3 is 19.8 Å². The van der Waals surface area contributed by atoms with Crippen LogP contribution in [0, 0.1) is 10.1 Å². The van der Waals surface area contributed by atoms with E-state index in [0.717, 1.165) is 0 Å². The minimum absolute atomic E-state index is 0.141. The molecule has 3 rings (SSSR count). The number of hydrogen-bond acceptors (Lipinski definition) is 8. The third-order valence-electron chi connectivity index (χ3n) is 5.21. The van der Waals surface area contributed by atoms with Crippen LogP contribution < -0.4 is 4.90 Å². The molecule has 0 atom stereocenters. The number of morpholine rings is 1. The van der Waals surface area contributed by atoms with Crippen molar-refractivity contribution in [2.24, 2.45) is 0 Å². The number of non-ortho nitro benzene ring substituents is 1. The number of ether oxygens (including phenoxy) is 1. The van der Waals surface area contributed by atoms with Gasteiger partial charge in [0.05, 0.1) is 35.9 Å². The number of amides is 1. The summed E-state index contributed by atoms with van der Waals surface area (Å²) < 4.78 is 5.31. The third-order valence-corrected chi connectivity index (χ3v) is 5.21. The van der Waals surface area contributed by atoms with Gasteiger partial charge in [0.1, 0.15) is 0 Å². The highest BCUT2D eigenvalue weighted by atomic mass is 16.6. The Balaban J connectivity index is 0.000000521. The number of carboxylic acid groups (broad SMARTS) is 2. The van der Waals surface area contributed by atoms with Crippen LogP contribution in [0.5, 0.6) is 0 Å². The zero-order valence-corrected chi connectivity index (χ0v) is 20.1. The van der Waals surface area contributed by atoms with Gasteiger partial charge in [0.2, 0.25) is 5.91 Å². The molecule has 0 bridgehead atoms. The van der Waals surface area contributed by atoms with E-state index in [4.69, 9.17) is 14.9 Å². The molecule has 12 heteroatoms. The lowest BCUT2D eigenvalue weighted by Crippen LogP contribution is -2.45. The number of nitrogens with zero attached hydrogens (tertiary/aromatic N) is 3. The summed E-state index contributed by atoms with van der Waals surface area (Å²) in [5, 5.41) is 26.9. The summed E-state index contributed by atoms with van der Waals surface area (Å²) in [4.78, 5) is 59.4. The van der Waals surface area contributed by atoms with Crippen LogP contribution in [0.1, 0.15) is 22.8 Å². The minimum Gasteiger partial charge on any atom is -0.478 e. The number of hydrogen-bond donors (Lipinski definition) is 2. The number of ketones is 1. The van der Waals surface area contributed by atoms with Gasteiger partial charge in [-0.25, -0.2) is 9.59 Å².